The molecule has 0 saturated carbocycles. The van der Waals surface area contributed by atoms with Crippen LogP contribution in [0, 0.1) is 0 Å². The second-order valence-corrected chi connectivity index (χ2v) is 9.50. The third kappa shape index (κ3) is 4.61. The van der Waals surface area contributed by atoms with Crippen LogP contribution in [0.5, 0.6) is 0 Å². The lowest BCUT2D eigenvalue weighted by molar-refractivity contribution is -0.150. The molecule has 1 aromatic carbocycles. The SMILES string of the molecule is CS(=O)(=O)CCC(c1ccc(-n2cc(-c3ccnc4[nH]cnc34)cn2)cc1)C(F)(F)F. The van der Waals surface area contributed by atoms with Crippen molar-refractivity contribution in [2.45, 2.75) is 18.5 Å². The van der Waals surface area contributed by atoms with Gasteiger partial charge in [-0.15, -0.1) is 0 Å². The Morgan fingerprint density at radius 3 is 2.55 bits per heavy atom. The molecule has 7 nitrogen and oxygen atoms in total. The summed E-state index contributed by atoms with van der Waals surface area (Å²) in [5.74, 6) is -2.39. The van der Waals surface area contributed by atoms with Crippen LogP contribution in [0.4, 0.5) is 13.2 Å². The molecule has 3 heterocycles. The number of H-pyrrole nitrogens is 1. The number of sulfone groups is 1. The molecule has 0 aliphatic carbocycles. The monoisotopic (exact) mass is 449 g/mol. The number of halogens is 3. The van der Waals surface area contributed by atoms with Crippen LogP contribution in [0.3, 0.4) is 0 Å². The number of hydrogen-bond donors (Lipinski definition) is 1. The van der Waals surface area contributed by atoms with Crippen LogP contribution >= 0.6 is 0 Å². The van der Waals surface area contributed by atoms with E-state index in [9.17, 15) is 21.6 Å². The topological polar surface area (TPSA) is 93.5 Å². The number of fused-ring (bicyclic) bond motifs is 1. The van der Waals surface area contributed by atoms with Gasteiger partial charge in [0.1, 0.15) is 15.4 Å². The van der Waals surface area contributed by atoms with E-state index in [1.54, 1.807) is 29.6 Å². The van der Waals surface area contributed by atoms with E-state index in [1.165, 1.54) is 24.3 Å². The summed E-state index contributed by atoms with van der Waals surface area (Å²) in [6.45, 7) is 0. The Labute approximate surface area is 175 Å². The maximum absolute atomic E-state index is 13.5. The van der Waals surface area contributed by atoms with Gasteiger partial charge < -0.3 is 4.98 Å². The van der Waals surface area contributed by atoms with E-state index in [0.717, 1.165) is 17.4 Å². The van der Waals surface area contributed by atoms with Gasteiger partial charge in [-0.05, 0) is 30.2 Å². The maximum Gasteiger partial charge on any atom is 0.395 e. The van der Waals surface area contributed by atoms with Gasteiger partial charge >= 0.3 is 6.18 Å². The summed E-state index contributed by atoms with van der Waals surface area (Å²) in [4.78, 5) is 11.4. The molecular formula is C20H18F3N5O2S. The van der Waals surface area contributed by atoms with Crippen LogP contribution in [0.15, 0.2) is 55.2 Å². The predicted molar refractivity (Wildman–Crippen MR) is 110 cm³/mol. The number of nitrogens with zero attached hydrogens (tertiary/aromatic N) is 4. The predicted octanol–water partition coefficient (Wildman–Crippen LogP) is 3.89. The Balaban J connectivity index is 1.60. The molecule has 0 bridgehead atoms. The first-order valence-electron chi connectivity index (χ1n) is 9.30. The fourth-order valence-corrected chi connectivity index (χ4v) is 4.06. The summed E-state index contributed by atoms with van der Waals surface area (Å²) in [7, 11) is -3.50. The number of hydrogen-bond acceptors (Lipinski definition) is 5. The van der Waals surface area contributed by atoms with Crippen LogP contribution in [0.1, 0.15) is 17.9 Å². The minimum absolute atomic E-state index is 0.0136. The number of imidazole rings is 1. The molecule has 0 aliphatic rings. The van der Waals surface area contributed by atoms with Crippen molar-refractivity contribution in [3.8, 4) is 16.8 Å². The third-order valence-corrected chi connectivity index (χ3v) is 5.92. The van der Waals surface area contributed by atoms with E-state index in [4.69, 9.17) is 0 Å². The Kier molecular flexibility index (Phi) is 5.29. The zero-order valence-corrected chi connectivity index (χ0v) is 17.2. The molecule has 0 spiro atoms. The molecule has 1 N–H and O–H groups in total. The molecule has 0 radical (unpaired) electrons. The van der Waals surface area contributed by atoms with Gasteiger partial charge in [0.15, 0.2) is 5.65 Å². The highest BCUT2D eigenvalue weighted by molar-refractivity contribution is 7.90. The highest BCUT2D eigenvalue weighted by Crippen LogP contribution is 2.38. The summed E-state index contributed by atoms with van der Waals surface area (Å²) in [5, 5.41) is 4.30. The first-order valence-corrected chi connectivity index (χ1v) is 11.4. The van der Waals surface area contributed by atoms with Crippen molar-refractivity contribution in [2.75, 3.05) is 12.0 Å². The van der Waals surface area contributed by atoms with Gasteiger partial charge in [0, 0.05) is 29.8 Å². The fraction of sp³-hybridized carbons (Fsp3) is 0.250. The van der Waals surface area contributed by atoms with E-state index in [0.29, 0.717) is 16.9 Å². The molecule has 31 heavy (non-hydrogen) atoms. The van der Waals surface area contributed by atoms with E-state index in [2.05, 4.69) is 20.1 Å². The normalized spacial score (nSPS) is 13.5. The smallest absolute Gasteiger partial charge is 0.329 e. The lowest BCUT2D eigenvalue weighted by atomic mass is 9.95. The van der Waals surface area contributed by atoms with E-state index >= 15 is 0 Å². The fourth-order valence-electron chi connectivity index (χ4n) is 3.39. The van der Waals surface area contributed by atoms with Gasteiger partial charge in [0.2, 0.25) is 0 Å². The number of benzene rings is 1. The number of pyridine rings is 1. The minimum Gasteiger partial charge on any atom is -0.329 e. The van der Waals surface area contributed by atoms with Gasteiger partial charge in [0.05, 0.1) is 29.9 Å². The number of aromatic amines is 1. The quantitative estimate of drug-likeness (QED) is 0.482. The van der Waals surface area contributed by atoms with Crippen LogP contribution in [0.2, 0.25) is 0 Å². The minimum atomic E-state index is -4.54. The molecule has 1 atom stereocenters. The lowest BCUT2D eigenvalue weighted by Crippen LogP contribution is -2.23. The first kappa shape index (κ1) is 21.0. The van der Waals surface area contributed by atoms with Crippen molar-refractivity contribution in [1.82, 2.24) is 24.7 Å². The first-order chi connectivity index (χ1) is 14.6. The van der Waals surface area contributed by atoms with Crippen molar-refractivity contribution in [2.24, 2.45) is 0 Å². The molecule has 1 unspecified atom stereocenters. The molecule has 0 fully saturated rings. The summed E-state index contributed by atoms with van der Waals surface area (Å²) in [6.07, 6.45) is 2.46. The zero-order valence-electron chi connectivity index (χ0n) is 16.3. The van der Waals surface area contributed by atoms with E-state index in [1.807, 2.05) is 6.07 Å². The highest BCUT2D eigenvalue weighted by Gasteiger charge is 2.40. The number of alkyl halides is 3. The maximum atomic E-state index is 13.5. The van der Waals surface area contributed by atoms with Crippen molar-refractivity contribution in [3.63, 3.8) is 0 Å². The van der Waals surface area contributed by atoms with E-state index in [-0.39, 0.29) is 5.56 Å². The van der Waals surface area contributed by atoms with Crippen molar-refractivity contribution in [1.29, 1.82) is 0 Å². The lowest BCUT2D eigenvalue weighted by Gasteiger charge is -2.20. The molecular weight excluding hydrogens is 431 g/mol. The second-order valence-electron chi connectivity index (χ2n) is 7.24. The van der Waals surface area contributed by atoms with Gasteiger partial charge in [0.25, 0.3) is 0 Å². The molecule has 4 rings (SSSR count). The molecule has 4 aromatic rings. The average molecular weight is 449 g/mol. The summed E-state index contributed by atoms with van der Waals surface area (Å²) < 4.78 is 64.6. The van der Waals surface area contributed by atoms with Crippen molar-refractivity contribution >= 4 is 21.0 Å². The zero-order chi connectivity index (χ0) is 22.2. The van der Waals surface area contributed by atoms with Crippen molar-refractivity contribution < 1.29 is 21.6 Å². The van der Waals surface area contributed by atoms with Crippen LogP contribution in [0.25, 0.3) is 28.0 Å². The number of rotatable bonds is 6. The summed E-state index contributed by atoms with van der Waals surface area (Å²) in [6, 6.07) is 7.58. The Morgan fingerprint density at radius 2 is 1.87 bits per heavy atom. The average Bonchev–Trinajstić information content (AvgIpc) is 3.36. The second kappa shape index (κ2) is 7.80. The van der Waals surface area contributed by atoms with Gasteiger partial charge in [-0.25, -0.2) is 23.1 Å². The van der Waals surface area contributed by atoms with Crippen LogP contribution in [-0.4, -0.2) is 51.3 Å². The molecule has 0 saturated heterocycles. The summed E-state index contributed by atoms with van der Waals surface area (Å²) in [5.41, 5.74) is 3.53. The van der Waals surface area contributed by atoms with Gasteiger partial charge in [-0.2, -0.15) is 18.3 Å². The Bertz CT molecular complexity index is 1310. The molecule has 162 valence electrons. The molecule has 11 heteroatoms. The highest BCUT2D eigenvalue weighted by atomic mass is 32.2. The van der Waals surface area contributed by atoms with Gasteiger partial charge in [-0.1, -0.05) is 12.1 Å². The molecule has 3 aromatic heterocycles. The van der Waals surface area contributed by atoms with Crippen molar-refractivity contribution in [3.05, 3.63) is 60.8 Å². The largest absolute Gasteiger partial charge is 0.395 e. The molecule has 0 aliphatic heterocycles. The summed E-state index contributed by atoms with van der Waals surface area (Å²) >= 11 is 0. The van der Waals surface area contributed by atoms with Crippen LogP contribution < -0.4 is 0 Å². The van der Waals surface area contributed by atoms with Crippen LogP contribution in [-0.2, 0) is 9.84 Å². The molecule has 0 amide bonds. The number of nitrogens with one attached hydrogen (secondary N) is 1. The number of aromatic nitrogens is 5. The van der Waals surface area contributed by atoms with E-state index < -0.39 is 34.1 Å². The Hall–Kier alpha value is -3.21. The standard InChI is InChI=1S/C20H18F3N5O2S/c1-31(29,30)9-7-17(20(21,22)23)13-2-4-15(5-3-13)28-11-14(10-27-28)16-6-8-24-19-18(16)25-12-26-19/h2-6,8,10-12,17H,7,9H2,1H3,(H,24,25,26). The Morgan fingerprint density at radius 1 is 1.13 bits per heavy atom. The van der Waals surface area contributed by atoms with Gasteiger partial charge in [-0.3, -0.25) is 0 Å². The third-order valence-electron chi connectivity index (χ3n) is 4.95.